The van der Waals surface area contributed by atoms with Crippen LogP contribution < -0.4 is 4.31 Å². The van der Waals surface area contributed by atoms with Crippen molar-refractivity contribution in [3.8, 4) is 0 Å². The second-order valence-corrected chi connectivity index (χ2v) is 4.26. The fourth-order valence-electron chi connectivity index (χ4n) is 1.47. The molecule has 0 saturated carbocycles. The minimum atomic E-state index is -0.248. The number of benzene rings is 1. The molecule has 1 aliphatic heterocycles. The van der Waals surface area contributed by atoms with Gasteiger partial charge in [-0.1, -0.05) is 11.6 Å². The van der Waals surface area contributed by atoms with E-state index in [1.165, 1.54) is 6.07 Å². The summed E-state index contributed by atoms with van der Waals surface area (Å²) in [4.78, 5) is 0. The zero-order valence-electron chi connectivity index (χ0n) is 7.18. The molecule has 0 amide bonds. The first-order valence-corrected chi connectivity index (χ1v) is 5.42. The first-order chi connectivity index (χ1) is 6.22. The van der Waals surface area contributed by atoms with Crippen LogP contribution in [0.5, 0.6) is 0 Å². The smallest absolute Gasteiger partial charge is 0.125 e. The van der Waals surface area contributed by atoms with Crippen molar-refractivity contribution in [3.63, 3.8) is 0 Å². The number of hydrogen-bond acceptors (Lipinski definition) is 2. The Kier molecular flexibility index (Phi) is 2.39. The van der Waals surface area contributed by atoms with Gasteiger partial charge in [0.05, 0.1) is 10.7 Å². The molecular weight excluding hydrogens is 209 g/mol. The molecule has 1 heterocycles. The van der Waals surface area contributed by atoms with Crippen LogP contribution in [0, 0.1) is 5.82 Å². The molecule has 0 N–H and O–H groups in total. The monoisotopic (exact) mass is 217 g/mol. The second-order valence-electron chi connectivity index (χ2n) is 2.86. The highest BCUT2D eigenvalue weighted by atomic mass is 35.5. The summed E-state index contributed by atoms with van der Waals surface area (Å²) in [5, 5.41) is 0.516. The molecule has 0 unspecified atom stereocenters. The van der Waals surface area contributed by atoms with Gasteiger partial charge in [-0.3, -0.25) is 0 Å². The van der Waals surface area contributed by atoms with Crippen molar-refractivity contribution in [2.45, 2.75) is 12.7 Å². The van der Waals surface area contributed by atoms with Gasteiger partial charge in [0.1, 0.15) is 5.82 Å². The number of anilines is 1. The van der Waals surface area contributed by atoms with Crippen molar-refractivity contribution < 1.29 is 4.39 Å². The normalized spacial score (nSPS) is 14.8. The molecule has 0 fully saturated rings. The van der Waals surface area contributed by atoms with Crippen molar-refractivity contribution in [3.05, 3.63) is 28.5 Å². The summed E-state index contributed by atoms with van der Waals surface area (Å²) >= 11 is 7.63. The van der Waals surface area contributed by atoms with E-state index in [1.807, 2.05) is 0 Å². The van der Waals surface area contributed by atoms with Crippen LogP contribution in [0.1, 0.15) is 12.5 Å². The molecule has 4 heteroatoms. The Hall–Kier alpha value is -0.410. The van der Waals surface area contributed by atoms with Crippen LogP contribution in [0.15, 0.2) is 12.1 Å². The Labute approximate surface area is 86.0 Å². The number of hydrogen-bond donors (Lipinski definition) is 0. The highest BCUT2D eigenvalue weighted by molar-refractivity contribution is 8.00. The lowest BCUT2D eigenvalue weighted by atomic mass is 10.2. The van der Waals surface area contributed by atoms with Gasteiger partial charge in [0.25, 0.3) is 0 Å². The Bertz CT molecular complexity index is 343. The summed E-state index contributed by atoms with van der Waals surface area (Å²) in [6, 6.07) is 2.93. The van der Waals surface area contributed by atoms with Gasteiger partial charge < -0.3 is 4.31 Å². The number of nitrogens with zero attached hydrogens (tertiary/aromatic N) is 1. The van der Waals surface area contributed by atoms with Crippen molar-refractivity contribution in [2.75, 3.05) is 10.8 Å². The van der Waals surface area contributed by atoms with Gasteiger partial charge in [-0.05, 0) is 36.6 Å². The van der Waals surface area contributed by atoms with Crippen LogP contribution in [-0.2, 0) is 5.75 Å². The lowest BCUT2D eigenvalue weighted by Crippen LogP contribution is -2.09. The van der Waals surface area contributed by atoms with E-state index in [1.54, 1.807) is 18.0 Å². The molecular formula is C9H9ClFNS. The Morgan fingerprint density at radius 1 is 1.62 bits per heavy atom. The second kappa shape index (κ2) is 3.39. The number of fused-ring (bicyclic) bond motifs is 1. The largest absolute Gasteiger partial charge is 0.314 e. The van der Waals surface area contributed by atoms with Crippen LogP contribution in [-0.4, -0.2) is 6.54 Å². The van der Waals surface area contributed by atoms with Gasteiger partial charge in [0.2, 0.25) is 0 Å². The summed E-state index contributed by atoms with van der Waals surface area (Å²) in [6.07, 6.45) is 0. The molecule has 1 aromatic rings. The summed E-state index contributed by atoms with van der Waals surface area (Å²) in [7, 11) is 0. The summed E-state index contributed by atoms with van der Waals surface area (Å²) < 4.78 is 15.0. The SMILES string of the molecule is CCN1SCc2cc(F)cc(Cl)c21. The standard InChI is InChI=1S/C9H9ClFNS/c1-2-12-9-6(5-13-12)3-7(11)4-8(9)10/h3-4H,2,5H2,1H3. The molecule has 0 aromatic heterocycles. The molecule has 1 aromatic carbocycles. The first-order valence-electron chi connectivity index (χ1n) is 4.10. The highest BCUT2D eigenvalue weighted by Gasteiger charge is 2.22. The summed E-state index contributed by atoms with van der Waals surface area (Å²) in [6.45, 7) is 2.95. The molecule has 70 valence electrons. The Morgan fingerprint density at radius 3 is 3.08 bits per heavy atom. The third-order valence-electron chi connectivity index (χ3n) is 2.02. The zero-order chi connectivity index (χ0) is 9.42. The fraction of sp³-hybridized carbons (Fsp3) is 0.333. The molecule has 0 radical (unpaired) electrons. The van der Waals surface area contributed by atoms with Crippen LogP contribution >= 0.6 is 23.5 Å². The van der Waals surface area contributed by atoms with E-state index in [-0.39, 0.29) is 5.82 Å². The van der Waals surface area contributed by atoms with Crippen molar-refractivity contribution in [1.82, 2.24) is 0 Å². The van der Waals surface area contributed by atoms with Gasteiger partial charge in [-0.2, -0.15) is 0 Å². The zero-order valence-corrected chi connectivity index (χ0v) is 8.75. The fourth-order valence-corrected chi connectivity index (χ4v) is 2.89. The number of rotatable bonds is 1. The average Bonchev–Trinajstić information content (AvgIpc) is 2.47. The van der Waals surface area contributed by atoms with E-state index in [0.29, 0.717) is 5.02 Å². The molecule has 0 atom stereocenters. The average molecular weight is 218 g/mol. The summed E-state index contributed by atoms with van der Waals surface area (Å²) in [5.41, 5.74) is 1.98. The van der Waals surface area contributed by atoms with Gasteiger partial charge in [-0.25, -0.2) is 4.39 Å². The van der Waals surface area contributed by atoms with Gasteiger partial charge >= 0.3 is 0 Å². The Morgan fingerprint density at radius 2 is 2.38 bits per heavy atom. The predicted molar refractivity (Wildman–Crippen MR) is 55.7 cm³/mol. The van der Waals surface area contributed by atoms with Gasteiger partial charge in [0, 0.05) is 12.3 Å². The maximum Gasteiger partial charge on any atom is 0.125 e. The quantitative estimate of drug-likeness (QED) is 0.663. The van der Waals surface area contributed by atoms with Gasteiger partial charge in [0.15, 0.2) is 0 Å². The minimum absolute atomic E-state index is 0.248. The van der Waals surface area contributed by atoms with Crippen molar-refractivity contribution in [1.29, 1.82) is 0 Å². The topological polar surface area (TPSA) is 3.24 Å². The number of halogens is 2. The van der Waals surface area contributed by atoms with Crippen molar-refractivity contribution >= 4 is 29.2 Å². The summed E-state index contributed by atoms with van der Waals surface area (Å²) in [5.74, 6) is 0.572. The van der Waals surface area contributed by atoms with Crippen molar-refractivity contribution in [2.24, 2.45) is 0 Å². The van der Waals surface area contributed by atoms with Crippen LogP contribution in [0.3, 0.4) is 0 Å². The minimum Gasteiger partial charge on any atom is -0.314 e. The molecule has 0 bridgehead atoms. The van der Waals surface area contributed by atoms with Crippen LogP contribution in [0.2, 0.25) is 5.02 Å². The maximum atomic E-state index is 12.9. The maximum absolute atomic E-state index is 12.9. The lowest BCUT2D eigenvalue weighted by Gasteiger charge is -2.15. The predicted octanol–water partition coefficient (Wildman–Crippen LogP) is 3.47. The molecule has 2 rings (SSSR count). The first kappa shape index (κ1) is 9.16. The molecule has 0 saturated heterocycles. The van der Waals surface area contributed by atoms with Crippen LogP contribution in [0.4, 0.5) is 10.1 Å². The molecule has 0 aliphatic carbocycles. The highest BCUT2D eigenvalue weighted by Crippen LogP contribution is 2.42. The third-order valence-corrected chi connectivity index (χ3v) is 3.50. The Balaban J connectivity index is 2.51. The van der Waals surface area contributed by atoms with E-state index >= 15 is 0 Å². The van der Waals surface area contributed by atoms with E-state index in [4.69, 9.17) is 11.6 Å². The van der Waals surface area contributed by atoms with Gasteiger partial charge in [-0.15, -0.1) is 0 Å². The third kappa shape index (κ3) is 1.51. The molecule has 1 aliphatic rings. The van der Waals surface area contributed by atoms with E-state index in [0.717, 1.165) is 23.5 Å². The van der Waals surface area contributed by atoms with Crippen LogP contribution in [0.25, 0.3) is 0 Å². The lowest BCUT2D eigenvalue weighted by molar-refractivity contribution is 0.627. The van der Waals surface area contributed by atoms with E-state index in [2.05, 4.69) is 11.2 Å². The molecule has 13 heavy (non-hydrogen) atoms. The molecule has 1 nitrogen and oxygen atoms in total. The van der Waals surface area contributed by atoms with E-state index in [9.17, 15) is 4.39 Å². The van der Waals surface area contributed by atoms with E-state index < -0.39 is 0 Å². The molecule has 0 spiro atoms.